The minimum atomic E-state index is -2.68. The minimum Gasteiger partial charge on any atom is -0.497 e. The molecule has 0 atom stereocenters. The second-order valence-electron chi connectivity index (χ2n) is 8.57. The Morgan fingerprint density at radius 2 is 1.71 bits per heavy atom. The number of rotatable bonds is 4. The summed E-state index contributed by atoms with van der Waals surface area (Å²) in [5.74, 6) is -2.24. The maximum atomic E-state index is 13.4. The van der Waals surface area contributed by atoms with Crippen LogP contribution in [0.4, 0.5) is 8.78 Å². The smallest absolute Gasteiger partial charge is 0.495 e. The highest BCUT2D eigenvalue weighted by Crippen LogP contribution is 2.37. The summed E-state index contributed by atoms with van der Waals surface area (Å²) < 4.78 is 44.4. The summed E-state index contributed by atoms with van der Waals surface area (Å²) in [6.45, 7) is 8.01. The van der Waals surface area contributed by atoms with Crippen molar-refractivity contribution in [3.63, 3.8) is 0 Å². The van der Waals surface area contributed by atoms with E-state index in [0.29, 0.717) is 5.75 Å². The fraction of sp³-hybridized carbons (Fsp3) is 0.650. The summed E-state index contributed by atoms with van der Waals surface area (Å²) in [4.78, 5) is 14.3. The monoisotopic (exact) mass is 395 g/mol. The Kier molecular flexibility index (Phi) is 5.49. The van der Waals surface area contributed by atoms with Gasteiger partial charge < -0.3 is 18.9 Å². The highest BCUT2D eigenvalue weighted by atomic mass is 19.3. The minimum absolute atomic E-state index is 0.0711. The van der Waals surface area contributed by atoms with Crippen molar-refractivity contribution in [1.82, 2.24) is 4.90 Å². The van der Waals surface area contributed by atoms with Crippen molar-refractivity contribution in [2.24, 2.45) is 0 Å². The highest BCUT2D eigenvalue weighted by Gasteiger charge is 2.52. The number of methoxy groups -OCH3 is 1. The van der Waals surface area contributed by atoms with E-state index in [9.17, 15) is 13.6 Å². The Labute approximate surface area is 165 Å². The van der Waals surface area contributed by atoms with Gasteiger partial charge >= 0.3 is 7.12 Å². The van der Waals surface area contributed by atoms with Gasteiger partial charge in [-0.1, -0.05) is 6.07 Å². The van der Waals surface area contributed by atoms with Crippen molar-refractivity contribution in [1.29, 1.82) is 0 Å². The van der Waals surface area contributed by atoms with Crippen molar-refractivity contribution < 1.29 is 27.6 Å². The number of hydrogen-bond donors (Lipinski definition) is 0. The molecule has 0 bridgehead atoms. The van der Waals surface area contributed by atoms with Gasteiger partial charge in [0.05, 0.1) is 24.7 Å². The van der Waals surface area contributed by atoms with E-state index >= 15 is 0 Å². The van der Waals surface area contributed by atoms with Crippen LogP contribution in [-0.4, -0.2) is 55.2 Å². The Hall–Kier alpha value is -1.67. The second-order valence-corrected chi connectivity index (χ2v) is 8.57. The van der Waals surface area contributed by atoms with Crippen molar-refractivity contribution in [2.75, 3.05) is 20.2 Å². The van der Waals surface area contributed by atoms with E-state index in [4.69, 9.17) is 14.0 Å². The molecule has 2 aliphatic rings. The van der Waals surface area contributed by atoms with E-state index in [1.54, 1.807) is 19.2 Å². The fourth-order valence-electron chi connectivity index (χ4n) is 3.42. The number of carbonyl (C=O) groups is 1. The number of piperidine rings is 1. The van der Waals surface area contributed by atoms with Crippen LogP contribution in [-0.2, 0) is 20.5 Å². The maximum absolute atomic E-state index is 13.4. The summed E-state index contributed by atoms with van der Waals surface area (Å²) >= 11 is 0. The van der Waals surface area contributed by atoms with Gasteiger partial charge in [-0.15, -0.1) is 0 Å². The summed E-state index contributed by atoms with van der Waals surface area (Å²) in [6, 6.07) is 5.43. The van der Waals surface area contributed by atoms with Crippen LogP contribution in [0.25, 0.3) is 0 Å². The zero-order chi connectivity index (χ0) is 20.7. The second kappa shape index (κ2) is 7.30. The summed E-state index contributed by atoms with van der Waals surface area (Å²) in [6.07, 6.45) is -0.496. The van der Waals surface area contributed by atoms with Crippen LogP contribution in [0.3, 0.4) is 0 Å². The average molecular weight is 395 g/mol. The molecule has 1 aromatic carbocycles. The van der Waals surface area contributed by atoms with Gasteiger partial charge in [0.2, 0.25) is 5.91 Å². The Morgan fingerprint density at radius 1 is 1.14 bits per heavy atom. The van der Waals surface area contributed by atoms with E-state index in [0.717, 1.165) is 11.0 Å². The number of alkyl halides is 2. The molecule has 154 valence electrons. The number of ether oxygens (including phenoxy) is 1. The normalized spacial score (nSPS) is 23.0. The molecule has 0 N–H and O–H groups in total. The van der Waals surface area contributed by atoms with Gasteiger partial charge in [-0.3, -0.25) is 4.79 Å². The quantitative estimate of drug-likeness (QED) is 0.736. The van der Waals surface area contributed by atoms with Gasteiger partial charge in [0.15, 0.2) is 0 Å². The Balaban J connectivity index is 1.81. The predicted octanol–water partition coefficient (Wildman–Crippen LogP) is 2.79. The SMILES string of the molecule is COc1ccc(B2OC(C)(C)C(C)(C)O2)c(CC(=O)N2CCC(F)(F)CC2)c1. The van der Waals surface area contributed by atoms with E-state index in [1.165, 1.54) is 4.90 Å². The molecule has 0 aliphatic carbocycles. The number of amides is 1. The third-order valence-corrected chi connectivity index (χ3v) is 6.05. The van der Waals surface area contributed by atoms with Crippen LogP contribution in [0.1, 0.15) is 46.1 Å². The van der Waals surface area contributed by atoms with Gasteiger partial charge in [-0.2, -0.15) is 0 Å². The van der Waals surface area contributed by atoms with Crippen molar-refractivity contribution in [3.05, 3.63) is 23.8 Å². The standard InChI is InChI=1S/C20H28BF2NO4/c1-18(2)19(3,4)28-21(27-18)16-7-6-15(26-5)12-14(16)13-17(25)24-10-8-20(22,23)9-11-24/h6-7,12H,8-11,13H2,1-5H3. The fourth-order valence-corrected chi connectivity index (χ4v) is 3.42. The summed E-state index contributed by atoms with van der Waals surface area (Å²) in [5.41, 5.74) is 0.476. The van der Waals surface area contributed by atoms with E-state index in [-0.39, 0.29) is 38.3 Å². The number of benzene rings is 1. The average Bonchev–Trinajstić information content (AvgIpc) is 2.82. The maximum Gasteiger partial charge on any atom is 0.495 e. The molecule has 5 nitrogen and oxygen atoms in total. The molecule has 3 rings (SSSR count). The topological polar surface area (TPSA) is 48.0 Å². The molecule has 0 aromatic heterocycles. The van der Waals surface area contributed by atoms with Crippen LogP contribution >= 0.6 is 0 Å². The van der Waals surface area contributed by atoms with E-state index in [2.05, 4.69) is 0 Å². The van der Waals surface area contributed by atoms with Crippen LogP contribution in [0.5, 0.6) is 5.75 Å². The number of halogens is 2. The molecule has 2 heterocycles. The lowest BCUT2D eigenvalue weighted by Gasteiger charge is -2.32. The van der Waals surface area contributed by atoms with Crippen LogP contribution in [0, 0.1) is 0 Å². The van der Waals surface area contributed by atoms with Gasteiger partial charge in [0.25, 0.3) is 5.92 Å². The van der Waals surface area contributed by atoms with Crippen LogP contribution in [0.15, 0.2) is 18.2 Å². The highest BCUT2D eigenvalue weighted by molar-refractivity contribution is 6.62. The molecule has 0 radical (unpaired) electrons. The molecule has 1 aromatic rings. The lowest BCUT2D eigenvalue weighted by molar-refractivity contribution is -0.136. The van der Waals surface area contributed by atoms with Crippen molar-refractivity contribution in [2.45, 2.75) is 64.1 Å². The van der Waals surface area contributed by atoms with Gasteiger partial charge in [0.1, 0.15) is 5.75 Å². The molecule has 0 unspecified atom stereocenters. The van der Waals surface area contributed by atoms with Gasteiger partial charge in [-0.25, -0.2) is 8.78 Å². The Morgan fingerprint density at radius 3 is 2.25 bits per heavy atom. The first-order valence-corrected chi connectivity index (χ1v) is 9.62. The molecule has 8 heteroatoms. The first-order valence-electron chi connectivity index (χ1n) is 9.62. The number of nitrogens with zero attached hydrogens (tertiary/aromatic N) is 1. The third-order valence-electron chi connectivity index (χ3n) is 6.05. The first-order chi connectivity index (χ1) is 12.9. The molecular formula is C20H28BF2NO4. The molecular weight excluding hydrogens is 367 g/mol. The predicted molar refractivity (Wildman–Crippen MR) is 103 cm³/mol. The molecule has 28 heavy (non-hydrogen) atoms. The van der Waals surface area contributed by atoms with E-state index in [1.807, 2.05) is 33.8 Å². The first kappa shape index (κ1) is 21.1. The lowest BCUT2D eigenvalue weighted by Crippen LogP contribution is -2.44. The largest absolute Gasteiger partial charge is 0.497 e. The molecule has 1 amide bonds. The molecule has 2 fully saturated rings. The summed E-state index contributed by atoms with van der Waals surface area (Å²) in [7, 11) is 0.951. The number of carbonyl (C=O) groups excluding carboxylic acids is 1. The van der Waals surface area contributed by atoms with E-state index < -0.39 is 24.2 Å². The number of hydrogen-bond acceptors (Lipinski definition) is 4. The lowest BCUT2D eigenvalue weighted by atomic mass is 9.75. The molecule has 2 aliphatic heterocycles. The Bertz CT molecular complexity index is 728. The third kappa shape index (κ3) is 4.18. The molecule has 2 saturated heterocycles. The zero-order valence-electron chi connectivity index (χ0n) is 17.2. The molecule has 0 spiro atoms. The number of likely N-dealkylation sites (tertiary alicyclic amines) is 1. The van der Waals surface area contributed by atoms with Crippen LogP contribution < -0.4 is 10.2 Å². The summed E-state index contributed by atoms with van der Waals surface area (Å²) in [5, 5.41) is 0. The molecule has 0 saturated carbocycles. The zero-order valence-corrected chi connectivity index (χ0v) is 17.2. The van der Waals surface area contributed by atoms with Crippen molar-refractivity contribution >= 4 is 18.5 Å². The van der Waals surface area contributed by atoms with Crippen molar-refractivity contribution in [3.8, 4) is 5.75 Å². The van der Waals surface area contributed by atoms with Gasteiger partial charge in [-0.05, 0) is 50.9 Å². The van der Waals surface area contributed by atoms with Crippen LogP contribution in [0.2, 0.25) is 0 Å². The van der Waals surface area contributed by atoms with Gasteiger partial charge in [0, 0.05) is 25.9 Å².